The quantitative estimate of drug-likeness (QED) is 0.0713. The van der Waals surface area contributed by atoms with Crippen LogP contribution in [0.1, 0.15) is 53.4 Å². The molecule has 0 heterocycles. The molecule has 0 aliphatic heterocycles. The van der Waals surface area contributed by atoms with Crippen LogP contribution >= 0.6 is 0 Å². The minimum atomic E-state index is -2.40. The predicted molar refractivity (Wildman–Crippen MR) is 129 cm³/mol. The van der Waals surface area contributed by atoms with Crippen molar-refractivity contribution < 1.29 is 69.6 Å². The summed E-state index contributed by atoms with van der Waals surface area (Å²) >= 11 is 0. The van der Waals surface area contributed by atoms with E-state index < -0.39 is 101 Å². The van der Waals surface area contributed by atoms with Gasteiger partial charge in [-0.1, -0.05) is 0 Å². The second-order valence-electron chi connectivity index (χ2n) is 9.41. The molecule has 0 spiro atoms. The number of hydrogen-bond acceptors (Lipinski definition) is 10. The summed E-state index contributed by atoms with van der Waals surface area (Å²) in [5.74, 6) is -17.8. The molecule has 0 bridgehead atoms. The highest BCUT2D eigenvalue weighted by molar-refractivity contribution is 5.74. The first kappa shape index (κ1) is 34.4. The summed E-state index contributed by atoms with van der Waals surface area (Å²) in [7, 11) is 0. The molecule has 0 saturated heterocycles. The van der Waals surface area contributed by atoms with Crippen molar-refractivity contribution in [2.75, 3.05) is 13.2 Å². The molecule has 1 fully saturated rings. The minimum absolute atomic E-state index is 0.00786. The second kappa shape index (κ2) is 15.4. The van der Waals surface area contributed by atoms with Crippen molar-refractivity contribution >= 4 is 29.8 Å². The minimum Gasteiger partial charge on any atom is -0.465 e. The Kier molecular flexibility index (Phi) is 12.6. The molecule has 42 heavy (non-hydrogen) atoms. The fraction of sp³-hybridized carbons (Fsp3) is 0.577. The Morgan fingerprint density at radius 1 is 0.762 bits per heavy atom. The van der Waals surface area contributed by atoms with Gasteiger partial charge in [0.05, 0.1) is 18.8 Å². The third-order valence-electron chi connectivity index (χ3n) is 6.05. The molecule has 234 valence electrons. The molecule has 1 aromatic rings. The van der Waals surface area contributed by atoms with Gasteiger partial charge in [0, 0.05) is 46.6 Å². The smallest absolute Gasteiger partial charge is 0.311 e. The molecule has 5 atom stereocenters. The number of carbonyl (C=O) groups is 5. The van der Waals surface area contributed by atoms with Gasteiger partial charge in [-0.05, 0) is 19.3 Å². The molecule has 16 heteroatoms. The summed E-state index contributed by atoms with van der Waals surface area (Å²) < 4.78 is 93.4. The molecule has 2 rings (SSSR count). The van der Waals surface area contributed by atoms with Gasteiger partial charge in [-0.2, -0.15) is 8.78 Å². The first-order valence-electron chi connectivity index (χ1n) is 12.7. The summed E-state index contributed by atoms with van der Waals surface area (Å²) in [6.45, 7) is 4.28. The first-order chi connectivity index (χ1) is 19.6. The summed E-state index contributed by atoms with van der Waals surface area (Å²) in [5.41, 5.74) is 0. The van der Waals surface area contributed by atoms with Crippen molar-refractivity contribution in [2.45, 2.75) is 77.7 Å². The van der Waals surface area contributed by atoms with E-state index in [1.807, 2.05) is 0 Å². The van der Waals surface area contributed by atoms with Crippen LogP contribution in [-0.4, -0.2) is 67.4 Å². The van der Waals surface area contributed by atoms with Crippen LogP contribution in [-0.2, 0) is 42.9 Å². The van der Waals surface area contributed by atoms with E-state index in [0.717, 1.165) is 20.8 Å². The molecule has 1 saturated carbocycles. The number of esters is 4. The molecular formula is C26H30F5NO10. The standard InChI is InChI=1S/C26H30F5NO10/c1-11(33)32-23-16(9-15(10-39-12(2)34)24(40-13(3)35)26(23)41-14(4)36)38-8-6-5-7-17(37)42-25-21(30)19(28)18(27)20(29)22(25)31/h15-16,23-24,26H,5-10H2,1-4H3,(H,32,33)/t15-,16-,23+,24+,26-/m1/s1. The number of carbonyl (C=O) groups excluding carboxylic acids is 5. The van der Waals surface area contributed by atoms with E-state index in [2.05, 4.69) is 10.1 Å². The predicted octanol–water partition coefficient (Wildman–Crippen LogP) is 2.79. The van der Waals surface area contributed by atoms with E-state index in [0.29, 0.717) is 0 Å². The topological polar surface area (TPSA) is 144 Å². The Bertz CT molecular complexity index is 1170. The normalized spacial score (nSPS) is 21.7. The van der Waals surface area contributed by atoms with Gasteiger partial charge in [-0.15, -0.1) is 0 Å². The second-order valence-corrected chi connectivity index (χ2v) is 9.41. The molecule has 1 aliphatic carbocycles. The van der Waals surface area contributed by atoms with E-state index in [-0.39, 0.29) is 32.5 Å². The van der Waals surface area contributed by atoms with Crippen molar-refractivity contribution in [3.8, 4) is 5.75 Å². The fourth-order valence-corrected chi connectivity index (χ4v) is 4.36. The fourth-order valence-electron chi connectivity index (χ4n) is 4.36. The number of rotatable bonds is 12. The molecular weight excluding hydrogens is 581 g/mol. The molecule has 0 aromatic heterocycles. The average Bonchev–Trinajstić information content (AvgIpc) is 2.89. The first-order valence-corrected chi connectivity index (χ1v) is 12.7. The third kappa shape index (κ3) is 9.36. The SMILES string of the molecule is CC(=O)N[C@@H]1[C@@H](OC(C)=O)[C@@H](OC(C)=O)[C@@H](COC(C)=O)C[C@H]1OCCCCC(=O)Oc1c(F)c(F)c(F)c(F)c1F. The van der Waals surface area contributed by atoms with Crippen LogP contribution in [0, 0.1) is 35.0 Å². The highest BCUT2D eigenvalue weighted by Crippen LogP contribution is 2.33. The van der Waals surface area contributed by atoms with E-state index in [1.165, 1.54) is 6.92 Å². The molecule has 1 aliphatic rings. The van der Waals surface area contributed by atoms with E-state index in [4.69, 9.17) is 18.9 Å². The molecule has 1 aromatic carbocycles. The van der Waals surface area contributed by atoms with Crippen molar-refractivity contribution in [3.63, 3.8) is 0 Å². The average molecular weight is 612 g/mol. The van der Waals surface area contributed by atoms with Crippen molar-refractivity contribution in [1.82, 2.24) is 5.32 Å². The number of benzene rings is 1. The van der Waals surface area contributed by atoms with Crippen LogP contribution in [0.5, 0.6) is 5.75 Å². The summed E-state index contributed by atoms with van der Waals surface area (Å²) in [4.78, 5) is 59.1. The maximum atomic E-state index is 13.7. The number of nitrogens with one attached hydrogen (secondary N) is 1. The lowest BCUT2D eigenvalue weighted by atomic mass is 9.79. The maximum Gasteiger partial charge on any atom is 0.311 e. The lowest BCUT2D eigenvalue weighted by Gasteiger charge is -2.45. The van der Waals surface area contributed by atoms with Gasteiger partial charge in [-0.3, -0.25) is 24.0 Å². The van der Waals surface area contributed by atoms with E-state index >= 15 is 0 Å². The Labute approximate surface area is 236 Å². The molecule has 1 amide bonds. The van der Waals surface area contributed by atoms with Gasteiger partial charge in [0.1, 0.15) is 6.10 Å². The molecule has 0 unspecified atom stereocenters. The molecule has 0 radical (unpaired) electrons. The lowest BCUT2D eigenvalue weighted by Crippen LogP contribution is -2.63. The summed E-state index contributed by atoms with van der Waals surface area (Å²) in [5, 5.41) is 2.61. The van der Waals surface area contributed by atoms with Crippen LogP contribution in [0.25, 0.3) is 0 Å². The number of amides is 1. The van der Waals surface area contributed by atoms with Crippen LogP contribution in [0.2, 0.25) is 0 Å². The number of halogens is 5. The number of hydrogen-bond donors (Lipinski definition) is 1. The zero-order valence-electron chi connectivity index (χ0n) is 23.1. The monoisotopic (exact) mass is 611 g/mol. The van der Waals surface area contributed by atoms with Crippen LogP contribution in [0.4, 0.5) is 22.0 Å². The van der Waals surface area contributed by atoms with Crippen molar-refractivity contribution in [1.29, 1.82) is 0 Å². The van der Waals surface area contributed by atoms with Gasteiger partial charge < -0.3 is 29.0 Å². The Hall–Kier alpha value is -3.82. The maximum absolute atomic E-state index is 13.7. The van der Waals surface area contributed by atoms with E-state index in [9.17, 15) is 45.9 Å². The van der Waals surface area contributed by atoms with Crippen LogP contribution < -0.4 is 10.1 Å². The van der Waals surface area contributed by atoms with Gasteiger partial charge in [0.2, 0.25) is 40.7 Å². The lowest BCUT2D eigenvalue weighted by molar-refractivity contribution is -0.193. The molecule has 11 nitrogen and oxygen atoms in total. The summed E-state index contributed by atoms with van der Waals surface area (Å²) in [6.07, 6.45) is -3.52. The third-order valence-corrected chi connectivity index (χ3v) is 6.05. The van der Waals surface area contributed by atoms with Gasteiger partial charge in [-0.25, -0.2) is 13.2 Å². The van der Waals surface area contributed by atoms with Gasteiger partial charge >= 0.3 is 23.9 Å². The highest BCUT2D eigenvalue weighted by Gasteiger charge is 2.50. The highest BCUT2D eigenvalue weighted by atomic mass is 19.2. The largest absolute Gasteiger partial charge is 0.465 e. The summed E-state index contributed by atoms with van der Waals surface area (Å²) in [6, 6.07) is -1.01. The number of ether oxygens (including phenoxy) is 5. The Morgan fingerprint density at radius 3 is 1.83 bits per heavy atom. The number of unbranched alkanes of at least 4 members (excludes halogenated alkanes) is 1. The molecule has 1 N–H and O–H groups in total. The van der Waals surface area contributed by atoms with Crippen molar-refractivity contribution in [3.05, 3.63) is 29.1 Å². The zero-order chi connectivity index (χ0) is 31.7. The van der Waals surface area contributed by atoms with Gasteiger partial charge in [0.25, 0.3) is 0 Å². The van der Waals surface area contributed by atoms with Crippen LogP contribution in [0.3, 0.4) is 0 Å². The van der Waals surface area contributed by atoms with Crippen molar-refractivity contribution in [2.24, 2.45) is 5.92 Å². The van der Waals surface area contributed by atoms with E-state index in [1.54, 1.807) is 0 Å². The van der Waals surface area contributed by atoms with Gasteiger partial charge in [0.15, 0.2) is 6.10 Å². The Balaban J connectivity index is 2.10. The Morgan fingerprint density at radius 2 is 1.31 bits per heavy atom. The van der Waals surface area contributed by atoms with Crippen LogP contribution in [0.15, 0.2) is 0 Å². The zero-order valence-corrected chi connectivity index (χ0v) is 23.1.